The maximum Gasteiger partial charge on any atom is 0.180 e. The topological polar surface area (TPSA) is 49.7 Å². The summed E-state index contributed by atoms with van der Waals surface area (Å²) in [6, 6.07) is 5.68. The molecule has 25 heavy (non-hydrogen) atoms. The van der Waals surface area contributed by atoms with Crippen LogP contribution < -0.4 is 0 Å². The lowest BCUT2D eigenvalue weighted by Gasteiger charge is -2.01. The lowest BCUT2D eigenvalue weighted by atomic mass is 10.1. The van der Waals surface area contributed by atoms with Crippen LogP contribution in [0.3, 0.4) is 0 Å². The zero-order valence-electron chi connectivity index (χ0n) is 12.4. The summed E-state index contributed by atoms with van der Waals surface area (Å²) in [6.45, 7) is 0. The molecular weight excluding hydrogens is 385 g/mol. The van der Waals surface area contributed by atoms with Crippen molar-refractivity contribution in [1.82, 2.24) is 0 Å². The van der Waals surface area contributed by atoms with Crippen LogP contribution in [0, 0.1) is 23.3 Å². The van der Waals surface area contributed by atoms with Crippen LogP contribution in [-0.4, -0.2) is 28.5 Å². The lowest BCUT2D eigenvalue weighted by molar-refractivity contribution is 0.101. The van der Waals surface area contributed by atoms with Crippen molar-refractivity contribution in [3.63, 3.8) is 0 Å². The fraction of sp³-hybridized carbons (Fsp3) is 0.125. The smallest absolute Gasteiger partial charge is 0.180 e. The number of hydrogen-bond acceptors (Lipinski definition) is 3. The zero-order chi connectivity index (χ0) is 19.0. The van der Waals surface area contributed by atoms with Crippen LogP contribution >= 0.6 is 23.2 Å². The number of Topliss-reactive ketones (excluding diaryl/α,β-unsaturated/α-hetero) is 1. The van der Waals surface area contributed by atoms with Crippen LogP contribution in [0.25, 0.3) is 0 Å². The molecule has 2 aromatic carbocycles. The van der Waals surface area contributed by atoms with Gasteiger partial charge in [-0.1, -0.05) is 5.16 Å². The van der Waals surface area contributed by atoms with E-state index in [0.717, 1.165) is 18.2 Å². The van der Waals surface area contributed by atoms with Crippen molar-refractivity contribution < 1.29 is 27.6 Å². The molecule has 1 N–H and O–H groups in total. The lowest BCUT2D eigenvalue weighted by Crippen LogP contribution is -2.05. The summed E-state index contributed by atoms with van der Waals surface area (Å²) >= 11 is 10.6. The molecular formula is C16H11Cl2F4NO2. The molecule has 2 rings (SSSR count). The number of ketones is 1. The zero-order valence-corrected chi connectivity index (χ0v) is 14.0. The Morgan fingerprint density at radius 1 is 0.880 bits per heavy atom. The van der Waals surface area contributed by atoms with Gasteiger partial charge in [-0.15, -0.1) is 23.2 Å². The highest BCUT2D eigenvalue weighted by Gasteiger charge is 2.11. The highest BCUT2D eigenvalue weighted by Crippen LogP contribution is 2.12. The second kappa shape index (κ2) is 10.0. The van der Waals surface area contributed by atoms with Gasteiger partial charge in [-0.2, -0.15) is 0 Å². The van der Waals surface area contributed by atoms with Gasteiger partial charge >= 0.3 is 0 Å². The first kappa shape index (κ1) is 20.9. The highest BCUT2D eigenvalue weighted by atomic mass is 35.5. The van der Waals surface area contributed by atoms with Gasteiger partial charge in [0.25, 0.3) is 0 Å². The number of oxime groups is 1. The molecule has 0 saturated carbocycles. The van der Waals surface area contributed by atoms with E-state index in [1.54, 1.807) is 0 Å². The molecule has 134 valence electrons. The van der Waals surface area contributed by atoms with E-state index in [1.165, 1.54) is 6.07 Å². The second-order valence-electron chi connectivity index (χ2n) is 4.49. The Labute approximate surface area is 150 Å². The summed E-state index contributed by atoms with van der Waals surface area (Å²) in [5.41, 5.74) is -0.204. The van der Waals surface area contributed by atoms with Gasteiger partial charge in [-0.05, 0) is 24.3 Å². The minimum atomic E-state index is -0.874. The molecule has 2 aromatic rings. The first-order valence-corrected chi connectivity index (χ1v) is 7.67. The third-order valence-corrected chi connectivity index (χ3v) is 3.34. The van der Waals surface area contributed by atoms with Gasteiger partial charge in [0.2, 0.25) is 0 Å². The first-order valence-electron chi connectivity index (χ1n) is 6.60. The van der Waals surface area contributed by atoms with E-state index in [0.29, 0.717) is 12.1 Å². The molecule has 0 saturated heterocycles. The molecule has 0 radical (unpaired) electrons. The standard InChI is InChI=1S/C8H6ClF2NO.C8H5ClF2O/c9-4-8(12-13)6-2-1-5(10)3-7(6)11;9-4-8(12)6-2-1-5(10)3-7(6)11/h1-3,13H,4H2;1-3H,4H2. The van der Waals surface area contributed by atoms with Crippen LogP contribution in [0.2, 0.25) is 0 Å². The fourth-order valence-corrected chi connectivity index (χ4v) is 2.01. The van der Waals surface area contributed by atoms with Gasteiger partial charge in [-0.25, -0.2) is 17.6 Å². The van der Waals surface area contributed by atoms with E-state index < -0.39 is 29.1 Å². The van der Waals surface area contributed by atoms with Crippen molar-refractivity contribution in [2.45, 2.75) is 0 Å². The van der Waals surface area contributed by atoms with Crippen molar-refractivity contribution in [2.24, 2.45) is 5.16 Å². The normalized spacial score (nSPS) is 10.9. The number of nitrogens with zero attached hydrogens (tertiary/aromatic N) is 1. The minimum absolute atomic E-state index is 0.00102. The summed E-state index contributed by atoms with van der Waals surface area (Å²) in [7, 11) is 0. The van der Waals surface area contributed by atoms with Gasteiger partial charge in [0.05, 0.1) is 17.3 Å². The maximum absolute atomic E-state index is 13.0. The summed E-state index contributed by atoms with van der Waals surface area (Å²) < 4.78 is 50.5. The average molecular weight is 396 g/mol. The monoisotopic (exact) mass is 395 g/mol. The van der Waals surface area contributed by atoms with E-state index in [-0.39, 0.29) is 28.6 Å². The fourth-order valence-electron chi connectivity index (χ4n) is 1.66. The quantitative estimate of drug-likeness (QED) is 0.202. The molecule has 0 spiro atoms. The van der Waals surface area contributed by atoms with Crippen molar-refractivity contribution in [1.29, 1.82) is 0 Å². The third-order valence-electron chi connectivity index (χ3n) is 2.84. The summed E-state index contributed by atoms with van der Waals surface area (Å²) in [5.74, 6) is -4.06. The van der Waals surface area contributed by atoms with Gasteiger partial charge in [0, 0.05) is 17.7 Å². The van der Waals surface area contributed by atoms with E-state index in [9.17, 15) is 22.4 Å². The Hall–Kier alpha value is -2.12. The van der Waals surface area contributed by atoms with Crippen molar-refractivity contribution in [3.05, 3.63) is 70.8 Å². The van der Waals surface area contributed by atoms with Crippen molar-refractivity contribution in [2.75, 3.05) is 11.8 Å². The van der Waals surface area contributed by atoms with Crippen molar-refractivity contribution in [3.8, 4) is 0 Å². The molecule has 0 unspecified atom stereocenters. The number of halogens is 6. The molecule has 0 aliphatic heterocycles. The molecule has 0 aliphatic carbocycles. The molecule has 0 heterocycles. The number of benzene rings is 2. The number of hydrogen-bond donors (Lipinski definition) is 1. The van der Waals surface area contributed by atoms with Gasteiger partial charge < -0.3 is 5.21 Å². The molecule has 9 heteroatoms. The molecule has 3 nitrogen and oxygen atoms in total. The SMILES string of the molecule is O=C(CCl)c1ccc(F)cc1F.ON=C(CCl)c1ccc(F)cc1F. The predicted octanol–water partition coefficient (Wildman–Crippen LogP) is 4.77. The van der Waals surface area contributed by atoms with Crippen LogP contribution in [0.4, 0.5) is 17.6 Å². The first-order chi connectivity index (χ1) is 11.8. The largest absolute Gasteiger partial charge is 0.411 e. The van der Waals surface area contributed by atoms with Gasteiger partial charge in [-0.3, -0.25) is 4.79 Å². The predicted molar refractivity (Wildman–Crippen MR) is 86.8 cm³/mol. The van der Waals surface area contributed by atoms with Crippen LogP contribution in [0.5, 0.6) is 0 Å². The molecule has 0 fully saturated rings. The minimum Gasteiger partial charge on any atom is -0.411 e. The number of alkyl halides is 2. The second-order valence-corrected chi connectivity index (χ2v) is 5.02. The van der Waals surface area contributed by atoms with E-state index in [2.05, 4.69) is 5.16 Å². The van der Waals surface area contributed by atoms with Crippen LogP contribution in [0.15, 0.2) is 41.6 Å². The molecule has 0 aromatic heterocycles. The maximum atomic E-state index is 13.0. The highest BCUT2D eigenvalue weighted by molar-refractivity contribution is 6.31. The van der Waals surface area contributed by atoms with Crippen molar-refractivity contribution >= 4 is 34.7 Å². The summed E-state index contributed by atoms with van der Waals surface area (Å²) in [6.07, 6.45) is 0. The van der Waals surface area contributed by atoms with E-state index >= 15 is 0 Å². The third kappa shape index (κ3) is 6.03. The Kier molecular flexibility index (Phi) is 8.37. The van der Waals surface area contributed by atoms with Gasteiger partial charge in [0.15, 0.2) is 5.78 Å². The molecule has 0 amide bonds. The Morgan fingerprint density at radius 2 is 1.36 bits per heavy atom. The van der Waals surface area contributed by atoms with Crippen LogP contribution in [0.1, 0.15) is 15.9 Å². The Morgan fingerprint density at radius 3 is 1.72 bits per heavy atom. The Balaban J connectivity index is 0.000000251. The molecule has 0 atom stereocenters. The number of carbonyl (C=O) groups excluding carboxylic acids is 1. The van der Waals surface area contributed by atoms with E-state index in [4.69, 9.17) is 28.4 Å². The molecule has 0 aliphatic rings. The molecule has 0 bridgehead atoms. The van der Waals surface area contributed by atoms with E-state index in [1.807, 2.05) is 0 Å². The Bertz CT molecular complexity index is 785. The average Bonchev–Trinajstić information content (AvgIpc) is 2.57. The number of rotatable bonds is 4. The summed E-state index contributed by atoms with van der Waals surface area (Å²) in [4.78, 5) is 10.9. The summed E-state index contributed by atoms with van der Waals surface area (Å²) in [5, 5.41) is 11.2. The number of carbonyl (C=O) groups is 1. The van der Waals surface area contributed by atoms with Crippen LogP contribution in [-0.2, 0) is 0 Å². The van der Waals surface area contributed by atoms with Gasteiger partial charge in [0.1, 0.15) is 29.0 Å².